The lowest BCUT2D eigenvalue weighted by Gasteiger charge is -2.24. The first-order valence-corrected chi connectivity index (χ1v) is 9.47. The van der Waals surface area contributed by atoms with E-state index in [0.717, 1.165) is 23.6 Å². The summed E-state index contributed by atoms with van der Waals surface area (Å²) in [5, 5.41) is 0. The molecule has 2 aliphatic carbocycles. The van der Waals surface area contributed by atoms with Gasteiger partial charge in [-0.2, -0.15) is 0 Å². The predicted molar refractivity (Wildman–Crippen MR) is 99.2 cm³/mol. The fraction of sp³-hybridized carbons (Fsp3) is 0.524. The molecule has 0 aliphatic heterocycles. The van der Waals surface area contributed by atoms with Crippen LogP contribution in [0.3, 0.4) is 0 Å². The van der Waals surface area contributed by atoms with Crippen LogP contribution < -0.4 is 11.5 Å². The number of furan rings is 1. The monoisotopic (exact) mass is 324 g/mol. The largest absolute Gasteiger partial charge is 0.469 e. The van der Waals surface area contributed by atoms with Crippen molar-refractivity contribution in [2.45, 2.75) is 69.6 Å². The lowest BCUT2D eigenvalue weighted by molar-refractivity contribution is 0.519. The Hall–Kier alpha value is -1.90. The van der Waals surface area contributed by atoms with E-state index in [9.17, 15) is 0 Å². The fourth-order valence-corrected chi connectivity index (χ4v) is 4.86. The van der Waals surface area contributed by atoms with Crippen molar-refractivity contribution in [1.82, 2.24) is 0 Å². The van der Waals surface area contributed by atoms with E-state index < -0.39 is 0 Å². The highest BCUT2D eigenvalue weighted by Gasteiger charge is 2.28. The molecular weight excluding hydrogens is 296 g/mol. The van der Waals surface area contributed by atoms with Crippen LogP contribution in [-0.2, 0) is 6.42 Å². The van der Waals surface area contributed by atoms with Gasteiger partial charge in [0.2, 0.25) is 0 Å². The summed E-state index contributed by atoms with van der Waals surface area (Å²) in [7, 11) is 0. The van der Waals surface area contributed by atoms with Crippen LogP contribution in [0.4, 0.5) is 11.4 Å². The average molecular weight is 324 g/mol. The average Bonchev–Trinajstić information content (AvgIpc) is 3.33. The van der Waals surface area contributed by atoms with Gasteiger partial charge in [0, 0.05) is 23.4 Å². The molecule has 2 aromatic rings. The van der Waals surface area contributed by atoms with Crippen LogP contribution in [0.2, 0.25) is 0 Å². The van der Waals surface area contributed by atoms with E-state index in [1.54, 1.807) is 6.26 Å². The van der Waals surface area contributed by atoms with Gasteiger partial charge in [0.25, 0.3) is 0 Å². The van der Waals surface area contributed by atoms with Crippen molar-refractivity contribution in [3.05, 3.63) is 46.9 Å². The Kier molecular flexibility index (Phi) is 4.26. The molecule has 0 spiro atoms. The number of rotatable bonds is 4. The molecule has 1 aromatic heterocycles. The molecule has 2 saturated carbocycles. The molecule has 0 saturated heterocycles. The first-order valence-electron chi connectivity index (χ1n) is 9.47. The zero-order chi connectivity index (χ0) is 16.5. The summed E-state index contributed by atoms with van der Waals surface area (Å²) in [5.74, 6) is 2.14. The molecule has 4 rings (SSSR count). The predicted octanol–water partition coefficient (Wildman–Crippen LogP) is 5.35. The van der Waals surface area contributed by atoms with Crippen LogP contribution in [0.15, 0.2) is 28.9 Å². The summed E-state index contributed by atoms with van der Waals surface area (Å²) in [6.45, 7) is 0. The molecule has 24 heavy (non-hydrogen) atoms. The molecule has 2 aliphatic rings. The second kappa shape index (κ2) is 6.54. The molecule has 0 unspecified atom stereocenters. The van der Waals surface area contributed by atoms with Crippen molar-refractivity contribution in [2.75, 3.05) is 11.5 Å². The maximum atomic E-state index is 6.73. The number of nitrogens with two attached hydrogens (primary N) is 2. The van der Waals surface area contributed by atoms with E-state index in [1.807, 2.05) is 12.1 Å². The van der Waals surface area contributed by atoms with Gasteiger partial charge in [-0.3, -0.25) is 0 Å². The molecule has 1 aromatic carbocycles. The highest BCUT2D eigenvalue weighted by molar-refractivity contribution is 5.70. The Morgan fingerprint density at radius 3 is 2.25 bits per heavy atom. The number of benzene rings is 1. The second-order valence-electron chi connectivity index (χ2n) is 7.58. The van der Waals surface area contributed by atoms with Gasteiger partial charge >= 0.3 is 0 Å². The fourth-order valence-electron chi connectivity index (χ4n) is 4.86. The highest BCUT2D eigenvalue weighted by atomic mass is 16.3. The quantitative estimate of drug-likeness (QED) is 0.745. The van der Waals surface area contributed by atoms with Crippen molar-refractivity contribution in [3.63, 3.8) is 0 Å². The number of hydrogen-bond acceptors (Lipinski definition) is 3. The van der Waals surface area contributed by atoms with Crippen molar-refractivity contribution in [3.8, 4) is 0 Å². The van der Waals surface area contributed by atoms with Gasteiger partial charge in [0.1, 0.15) is 5.76 Å². The summed E-state index contributed by atoms with van der Waals surface area (Å²) in [6, 6.07) is 6.25. The molecule has 3 heteroatoms. The number of anilines is 2. The maximum Gasteiger partial charge on any atom is 0.108 e. The summed E-state index contributed by atoms with van der Waals surface area (Å²) in [4.78, 5) is 0. The van der Waals surface area contributed by atoms with Crippen molar-refractivity contribution in [1.29, 1.82) is 0 Å². The third-order valence-corrected chi connectivity index (χ3v) is 6.08. The first-order chi connectivity index (χ1) is 11.7. The number of hydrogen-bond donors (Lipinski definition) is 2. The normalized spacial score (nSPS) is 19.3. The molecule has 0 amide bonds. The summed E-state index contributed by atoms with van der Waals surface area (Å²) < 4.78 is 5.62. The highest BCUT2D eigenvalue weighted by Crippen LogP contribution is 2.46. The van der Waals surface area contributed by atoms with Crippen LogP contribution in [0.1, 0.15) is 85.7 Å². The van der Waals surface area contributed by atoms with E-state index >= 15 is 0 Å². The van der Waals surface area contributed by atoms with Crippen LogP contribution >= 0.6 is 0 Å². The van der Waals surface area contributed by atoms with Crippen molar-refractivity contribution >= 4 is 11.4 Å². The van der Waals surface area contributed by atoms with Gasteiger partial charge in [-0.15, -0.1) is 0 Å². The van der Waals surface area contributed by atoms with E-state index in [-0.39, 0.29) is 0 Å². The zero-order valence-corrected chi connectivity index (χ0v) is 14.4. The Morgan fingerprint density at radius 1 is 0.958 bits per heavy atom. The molecule has 0 radical (unpaired) electrons. The Morgan fingerprint density at radius 2 is 1.62 bits per heavy atom. The Balaban J connectivity index is 1.80. The van der Waals surface area contributed by atoms with Gasteiger partial charge in [-0.1, -0.05) is 25.7 Å². The van der Waals surface area contributed by atoms with Gasteiger partial charge in [0.05, 0.1) is 6.26 Å². The minimum Gasteiger partial charge on any atom is -0.469 e. The second-order valence-corrected chi connectivity index (χ2v) is 7.58. The van der Waals surface area contributed by atoms with Crippen molar-refractivity contribution in [2.24, 2.45) is 0 Å². The number of nitrogen functional groups attached to an aromatic ring is 2. The minimum absolute atomic E-state index is 0.540. The van der Waals surface area contributed by atoms with E-state index in [0.29, 0.717) is 11.8 Å². The molecule has 3 nitrogen and oxygen atoms in total. The molecule has 0 bridgehead atoms. The van der Waals surface area contributed by atoms with Gasteiger partial charge in [-0.05, 0) is 66.8 Å². The molecule has 2 fully saturated rings. The third kappa shape index (κ3) is 2.81. The van der Waals surface area contributed by atoms with Gasteiger partial charge < -0.3 is 15.9 Å². The van der Waals surface area contributed by atoms with Crippen LogP contribution in [-0.4, -0.2) is 0 Å². The molecule has 1 heterocycles. The lowest BCUT2D eigenvalue weighted by atomic mass is 9.84. The SMILES string of the molecule is Nc1cc(C2CCCC2)c(Cc2ccco2)c(N)c1C1CCCC1. The summed E-state index contributed by atoms with van der Waals surface area (Å²) in [5.41, 5.74) is 19.0. The third-order valence-electron chi connectivity index (χ3n) is 6.08. The molecular formula is C21H28N2O. The van der Waals surface area contributed by atoms with E-state index in [1.165, 1.54) is 68.1 Å². The molecule has 0 atom stereocenters. The maximum absolute atomic E-state index is 6.73. The van der Waals surface area contributed by atoms with Crippen LogP contribution in [0.5, 0.6) is 0 Å². The smallest absolute Gasteiger partial charge is 0.108 e. The lowest BCUT2D eigenvalue weighted by Crippen LogP contribution is -2.12. The molecule has 4 N–H and O–H groups in total. The van der Waals surface area contributed by atoms with E-state index in [4.69, 9.17) is 15.9 Å². The minimum atomic E-state index is 0.540. The first kappa shape index (κ1) is 15.6. The topological polar surface area (TPSA) is 65.2 Å². The van der Waals surface area contributed by atoms with Gasteiger partial charge in [-0.25, -0.2) is 0 Å². The van der Waals surface area contributed by atoms with Crippen LogP contribution in [0.25, 0.3) is 0 Å². The van der Waals surface area contributed by atoms with Gasteiger partial charge in [0.15, 0.2) is 0 Å². The summed E-state index contributed by atoms with van der Waals surface area (Å²) in [6.07, 6.45) is 12.7. The molecule has 128 valence electrons. The van der Waals surface area contributed by atoms with Crippen molar-refractivity contribution < 1.29 is 4.42 Å². The summed E-state index contributed by atoms with van der Waals surface area (Å²) >= 11 is 0. The zero-order valence-electron chi connectivity index (χ0n) is 14.4. The Bertz CT molecular complexity index is 693. The standard InChI is InChI=1S/C21H28N2O/c22-19-13-17(14-6-1-2-7-14)18(12-16-10-5-11-24-16)21(23)20(19)15-8-3-4-9-15/h5,10-11,13-15H,1-4,6-9,12,22-23H2. The van der Waals surface area contributed by atoms with E-state index in [2.05, 4.69) is 6.07 Å². The van der Waals surface area contributed by atoms with Crippen LogP contribution in [0, 0.1) is 0 Å². The Labute approximate surface area is 144 Å².